The minimum absolute atomic E-state index is 0.0162. The van der Waals surface area contributed by atoms with Gasteiger partial charge in [-0.25, -0.2) is 0 Å². The maximum atomic E-state index is 13.2. The van der Waals surface area contributed by atoms with E-state index < -0.39 is 29.2 Å². The molecule has 3 N–H and O–H groups in total. The topological polar surface area (TPSA) is 116 Å². The van der Waals surface area contributed by atoms with Crippen molar-refractivity contribution in [3.05, 3.63) is 82.9 Å². The van der Waals surface area contributed by atoms with E-state index in [9.17, 15) is 24.3 Å². The fraction of sp³-hybridized carbons (Fsp3) is 0.375. The third kappa shape index (κ3) is 5.49. The average Bonchev–Trinajstić information content (AvgIpc) is 3.17. The lowest BCUT2D eigenvalue weighted by molar-refractivity contribution is -0.139. The lowest BCUT2D eigenvalue weighted by Gasteiger charge is -2.31. The molecule has 0 saturated carbocycles. The Morgan fingerprint density at radius 3 is 2.27 bits per heavy atom. The molecule has 1 aliphatic carbocycles. The van der Waals surface area contributed by atoms with Gasteiger partial charge < -0.3 is 15.7 Å². The van der Waals surface area contributed by atoms with Gasteiger partial charge in [-0.15, -0.1) is 0 Å². The van der Waals surface area contributed by atoms with Crippen molar-refractivity contribution in [2.45, 2.75) is 58.0 Å². The summed E-state index contributed by atoms with van der Waals surface area (Å²) in [6.45, 7) is 4.00. The Balaban J connectivity index is 1.16. The van der Waals surface area contributed by atoms with Crippen LogP contribution in [0.5, 0.6) is 0 Å². The Hall–Kier alpha value is -4.04. The summed E-state index contributed by atoms with van der Waals surface area (Å²) in [7, 11) is 0. The fourth-order valence-electron chi connectivity index (χ4n) is 5.68. The first kappa shape index (κ1) is 27.5. The van der Waals surface area contributed by atoms with Crippen LogP contribution in [-0.2, 0) is 16.0 Å². The number of benzene rings is 3. The number of carboxylic acids is 1. The van der Waals surface area contributed by atoms with Gasteiger partial charge in [0.2, 0.25) is 5.91 Å². The number of hydrogen-bond donors (Lipinski definition) is 3. The van der Waals surface area contributed by atoms with Crippen LogP contribution in [-0.4, -0.2) is 52.8 Å². The van der Waals surface area contributed by atoms with Gasteiger partial charge in [0.15, 0.2) is 0 Å². The van der Waals surface area contributed by atoms with Gasteiger partial charge in [0, 0.05) is 12.0 Å². The van der Waals surface area contributed by atoms with E-state index in [0.717, 1.165) is 34.9 Å². The molecule has 1 heterocycles. The zero-order chi connectivity index (χ0) is 28.4. The number of fused-ring (bicyclic) bond motifs is 3. The third-order valence-electron chi connectivity index (χ3n) is 8.21. The number of carbonyl (C=O) groups is 4. The van der Waals surface area contributed by atoms with Crippen LogP contribution in [0.15, 0.2) is 60.7 Å². The van der Waals surface area contributed by atoms with E-state index in [1.54, 1.807) is 12.1 Å². The molecule has 0 aromatic heterocycles. The highest BCUT2D eigenvalue weighted by Crippen LogP contribution is 2.31. The van der Waals surface area contributed by atoms with Gasteiger partial charge in [0.05, 0.1) is 17.2 Å². The van der Waals surface area contributed by atoms with Crippen LogP contribution in [0.2, 0.25) is 0 Å². The number of aliphatic carboxylic acids is 1. The van der Waals surface area contributed by atoms with Gasteiger partial charge >= 0.3 is 5.97 Å². The van der Waals surface area contributed by atoms with Gasteiger partial charge in [0.1, 0.15) is 6.04 Å². The van der Waals surface area contributed by atoms with Gasteiger partial charge in [0.25, 0.3) is 11.8 Å². The molecule has 0 fully saturated rings. The highest BCUT2D eigenvalue weighted by Gasteiger charge is 2.37. The predicted octanol–water partition coefficient (Wildman–Crippen LogP) is 4.48. The highest BCUT2D eigenvalue weighted by molar-refractivity contribution is 6.23. The number of nitrogens with one attached hydrogen (secondary N) is 2. The first-order valence-electron chi connectivity index (χ1n) is 13.9. The molecule has 0 saturated heterocycles. The van der Waals surface area contributed by atoms with Crippen LogP contribution in [0.1, 0.15) is 77.4 Å². The summed E-state index contributed by atoms with van der Waals surface area (Å²) < 4.78 is 0. The Labute approximate surface area is 233 Å². The summed E-state index contributed by atoms with van der Waals surface area (Å²) in [6.07, 6.45) is 3.42. The first-order chi connectivity index (χ1) is 19.2. The molecule has 5 rings (SSSR count). The Morgan fingerprint density at radius 1 is 1.00 bits per heavy atom. The number of carboxylic acid groups (broad SMARTS) is 1. The van der Waals surface area contributed by atoms with Crippen molar-refractivity contribution in [2.75, 3.05) is 13.1 Å². The second kappa shape index (κ2) is 11.2. The van der Waals surface area contributed by atoms with Gasteiger partial charge in [-0.2, -0.15) is 0 Å². The van der Waals surface area contributed by atoms with E-state index in [0.29, 0.717) is 24.1 Å². The zero-order valence-electron chi connectivity index (χ0n) is 22.9. The fourth-order valence-corrected chi connectivity index (χ4v) is 5.68. The van der Waals surface area contributed by atoms with E-state index in [4.69, 9.17) is 0 Å². The van der Waals surface area contributed by atoms with Crippen molar-refractivity contribution in [3.8, 4) is 0 Å². The second-order valence-corrected chi connectivity index (χ2v) is 11.4. The van der Waals surface area contributed by atoms with Crippen molar-refractivity contribution < 1.29 is 24.3 Å². The lowest BCUT2D eigenvalue weighted by Crippen LogP contribution is -2.45. The zero-order valence-corrected chi connectivity index (χ0v) is 22.9. The molecule has 8 heteroatoms. The molecule has 40 heavy (non-hydrogen) atoms. The molecule has 3 amide bonds. The van der Waals surface area contributed by atoms with Gasteiger partial charge in [-0.1, -0.05) is 62.4 Å². The quantitative estimate of drug-likeness (QED) is 0.326. The molecule has 1 unspecified atom stereocenters. The van der Waals surface area contributed by atoms with E-state index in [1.165, 1.54) is 11.1 Å². The molecule has 3 aromatic carbocycles. The number of rotatable bonds is 10. The van der Waals surface area contributed by atoms with Gasteiger partial charge in [-0.3, -0.25) is 24.1 Å². The summed E-state index contributed by atoms with van der Waals surface area (Å²) in [6, 6.07) is 18.2. The van der Waals surface area contributed by atoms with Crippen LogP contribution in [0.25, 0.3) is 10.8 Å². The standard InChI is InChI=1S/C32H35N3O5/c1-32(2,31(40)34-26-13-7-11-20-8-5-6-12-23(20)26)15-16-33-27(30(38)39)14-17-35-28(36)24-18-21-9-3-4-10-22(21)19-25(24)29(35)37/h3-6,8-10,12,18-19,26-27,33H,7,11,13-17H2,1-2H3,(H,34,40)(H,38,39)/t26?,27-/m1/s1. The number of hydrogen-bond acceptors (Lipinski definition) is 5. The molecule has 8 nitrogen and oxygen atoms in total. The molecule has 2 atom stereocenters. The van der Waals surface area contributed by atoms with Crippen LogP contribution >= 0.6 is 0 Å². The minimum Gasteiger partial charge on any atom is -0.480 e. The third-order valence-corrected chi connectivity index (χ3v) is 8.21. The van der Waals surface area contributed by atoms with E-state index in [-0.39, 0.29) is 24.9 Å². The molecule has 208 valence electrons. The summed E-state index contributed by atoms with van der Waals surface area (Å²) in [5.41, 5.74) is 2.42. The van der Waals surface area contributed by atoms with E-state index in [2.05, 4.69) is 22.8 Å². The van der Waals surface area contributed by atoms with Crippen molar-refractivity contribution in [2.24, 2.45) is 5.41 Å². The summed E-state index contributed by atoms with van der Waals surface area (Å²) in [4.78, 5) is 52.3. The highest BCUT2D eigenvalue weighted by atomic mass is 16.4. The smallest absolute Gasteiger partial charge is 0.320 e. The summed E-state index contributed by atoms with van der Waals surface area (Å²) >= 11 is 0. The number of aryl methyl sites for hydroxylation is 1. The van der Waals surface area contributed by atoms with E-state index in [1.807, 2.05) is 50.2 Å². The van der Waals surface area contributed by atoms with Gasteiger partial charge in [-0.05, 0) is 72.7 Å². The van der Waals surface area contributed by atoms with Crippen molar-refractivity contribution in [1.82, 2.24) is 15.5 Å². The minimum atomic E-state index is -1.07. The number of nitrogens with zero attached hydrogens (tertiary/aromatic N) is 1. The van der Waals surface area contributed by atoms with Crippen LogP contribution < -0.4 is 10.6 Å². The Bertz CT molecular complexity index is 1430. The number of imide groups is 1. The number of amides is 3. The Morgan fingerprint density at radius 2 is 1.62 bits per heavy atom. The molecule has 0 bridgehead atoms. The van der Waals surface area contributed by atoms with Crippen molar-refractivity contribution in [1.29, 1.82) is 0 Å². The van der Waals surface area contributed by atoms with Crippen molar-refractivity contribution in [3.63, 3.8) is 0 Å². The van der Waals surface area contributed by atoms with Crippen LogP contribution in [0.3, 0.4) is 0 Å². The maximum Gasteiger partial charge on any atom is 0.320 e. The average molecular weight is 542 g/mol. The largest absolute Gasteiger partial charge is 0.480 e. The first-order valence-corrected chi connectivity index (χ1v) is 13.9. The summed E-state index contributed by atoms with van der Waals surface area (Å²) in [5.74, 6) is -1.95. The molecule has 1 aliphatic heterocycles. The van der Waals surface area contributed by atoms with Crippen molar-refractivity contribution >= 4 is 34.5 Å². The second-order valence-electron chi connectivity index (χ2n) is 11.4. The Kier molecular flexibility index (Phi) is 7.72. The monoisotopic (exact) mass is 541 g/mol. The molecular weight excluding hydrogens is 506 g/mol. The number of carbonyl (C=O) groups excluding carboxylic acids is 3. The molecular formula is C32H35N3O5. The van der Waals surface area contributed by atoms with E-state index >= 15 is 0 Å². The summed E-state index contributed by atoms with van der Waals surface area (Å²) in [5, 5.41) is 17.8. The molecule has 0 radical (unpaired) electrons. The van der Waals surface area contributed by atoms with Crippen LogP contribution in [0, 0.1) is 5.41 Å². The lowest BCUT2D eigenvalue weighted by atomic mass is 9.84. The molecule has 2 aliphatic rings. The molecule has 0 spiro atoms. The SMILES string of the molecule is CC(C)(CCN[C@H](CCN1C(=O)c2cc3ccccc3cc2C1=O)C(=O)O)C(=O)NC1CCCc2ccccc21. The normalized spacial score (nSPS) is 17.4. The van der Waals surface area contributed by atoms with Crippen LogP contribution in [0.4, 0.5) is 0 Å². The predicted molar refractivity (Wildman–Crippen MR) is 152 cm³/mol. The molecule has 3 aromatic rings. The maximum absolute atomic E-state index is 13.2.